The zero-order valence-corrected chi connectivity index (χ0v) is 21.1. The summed E-state index contributed by atoms with van der Waals surface area (Å²) >= 11 is 5.40. The number of morpholine rings is 1. The van der Waals surface area contributed by atoms with Crippen LogP contribution in [0.25, 0.3) is 11.4 Å². The van der Waals surface area contributed by atoms with Gasteiger partial charge in [-0.1, -0.05) is 24.3 Å². The lowest BCUT2D eigenvalue weighted by molar-refractivity contribution is -0.121. The van der Waals surface area contributed by atoms with Crippen LogP contribution in [-0.2, 0) is 29.2 Å². The molecule has 9 heteroatoms. The first-order valence-electron chi connectivity index (χ1n) is 12.1. The molecule has 2 heterocycles. The van der Waals surface area contributed by atoms with Gasteiger partial charge in [-0.25, -0.2) is 0 Å². The van der Waals surface area contributed by atoms with Crippen molar-refractivity contribution >= 4 is 18.1 Å². The van der Waals surface area contributed by atoms with Gasteiger partial charge in [-0.15, -0.1) is 0 Å². The van der Waals surface area contributed by atoms with Gasteiger partial charge in [-0.05, 0) is 61.5 Å². The third-order valence-corrected chi connectivity index (χ3v) is 6.27. The summed E-state index contributed by atoms with van der Waals surface area (Å²) in [5.41, 5.74) is 3.25. The number of benzene rings is 2. The second-order valence-corrected chi connectivity index (χ2v) is 9.11. The standard InChI is InChI=1S/C26H33N5O3S/c1-3-33-23-9-7-22(8-10-23)25-28-29-26(35)31(25)12-11-24(32)27-16-20-5-4-6-21(15-20)18-30-13-14-34-19(2)17-30/h4-10,15,19H,3,11-14,16-18H2,1-2H3,(H,27,32)(H,29,35). The second-order valence-electron chi connectivity index (χ2n) is 8.72. The third kappa shape index (κ3) is 7.00. The quantitative estimate of drug-likeness (QED) is 0.415. The largest absolute Gasteiger partial charge is 0.494 e. The van der Waals surface area contributed by atoms with Gasteiger partial charge in [0.1, 0.15) is 5.75 Å². The molecule has 1 aliphatic rings. The van der Waals surface area contributed by atoms with Crippen LogP contribution >= 0.6 is 12.2 Å². The predicted octanol–water partition coefficient (Wildman–Crippen LogP) is 3.93. The van der Waals surface area contributed by atoms with E-state index in [2.05, 4.69) is 45.5 Å². The van der Waals surface area contributed by atoms with Gasteiger partial charge in [0.15, 0.2) is 10.6 Å². The molecule has 186 valence electrons. The fourth-order valence-electron chi connectivity index (χ4n) is 4.25. The summed E-state index contributed by atoms with van der Waals surface area (Å²) in [4.78, 5) is 15.0. The van der Waals surface area contributed by atoms with E-state index in [0.29, 0.717) is 36.7 Å². The minimum absolute atomic E-state index is 0.0295. The molecule has 2 N–H and O–H groups in total. The molecule has 1 atom stereocenters. The minimum atomic E-state index is -0.0295. The Balaban J connectivity index is 1.30. The molecule has 0 radical (unpaired) electrons. The maximum atomic E-state index is 12.6. The normalized spacial score (nSPS) is 16.2. The van der Waals surface area contributed by atoms with E-state index in [1.807, 2.05) is 41.8 Å². The number of aromatic amines is 1. The van der Waals surface area contributed by atoms with Crippen LogP contribution in [0.2, 0.25) is 0 Å². The number of carbonyl (C=O) groups excluding carboxylic acids is 1. The van der Waals surface area contributed by atoms with Gasteiger partial charge in [0.25, 0.3) is 0 Å². The van der Waals surface area contributed by atoms with Crippen LogP contribution < -0.4 is 10.1 Å². The van der Waals surface area contributed by atoms with Crippen LogP contribution in [0.3, 0.4) is 0 Å². The highest BCUT2D eigenvalue weighted by molar-refractivity contribution is 7.71. The Morgan fingerprint density at radius 2 is 2.06 bits per heavy atom. The fraction of sp³-hybridized carbons (Fsp3) is 0.423. The van der Waals surface area contributed by atoms with Crippen molar-refractivity contribution in [3.05, 3.63) is 64.4 Å². The summed E-state index contributed by atoms with van der Waals surface area (Å²) < 4.78 is 13.5. The highest BCUT2D eigenvalue weighted by atomic mass is 32.1. The first-order valence-corrected chi connectivity index (χ1v) is 12.5. The van der Waals surface area contributed by atoms with Crippen molar-refractivity contribution in [1.29, 1.82) is 0 Å². The van der Waals surface area contributed by atoms with Gasteiger partial charge < -0.3 is 14.8 Å². The zero-order valence-electron chi connectivity index (χ0n) is 20.3. The van der Waals surface area contributed by atoms with E-state index < -0.39 is 0 Å². The monoisotopic (exact) mass is 495 g/mol. The summed E-state index contributed by atoms with van der Waals surface area (Å²) in [6, 6.07) is 16.1. The average molecular weight is 496 g/mol. The van der Waals surface area contributed by atoms with E-state index >= 15 is 0 Å². The number of ether oxygens (including phenoxy) is 2. The van der Waals surface area contributed by atoms with Gasteiger partial charge in [0, 0.05) is 44.7 Å². The smallest absolute Gasteiger partial charge is 0.222 e. The SMILES string of the molecule is CCOc1ccc(-c2n[nH]c(=S)n2CCC(=O)NCc2cccc(CN3CCOC(C)C3)c2)cc1. The Bertz CT molecular complexity index is 1170. The Kier molecular flexibility index (Phi) is 8.68. The molecule has 0 bridgehead atoms. The lowest BCUT2D eigenvalue weighted by Gasteiger charge is -2.31. The number of rotatable bonds is 10. The lowest BCUT2D eigenvalue weighted by atomic mass is 10.1. The van der Waals surface area contributed by atoms with Crippen molar-refractivity contribution in [3.63, 3.8) is 0 Å². The Labute approximate surface area is 211 Å². The molecule has 1 fully saturated rings. The van der Waals surface area contributed by atoms with Crippen molar-refractivity contribution in [1.82, 2.24) is 25.0 Å². The summed E-state index contributed by atoms with van der Waals surface area (Å²) in [5.74, 6) is 1.48. The van der Waals surface area contributed by atoms with E-state index in [0.717, 1.165) is 43.1 Å². The van der Waals surface area contributed by atoms with Crippen LogP contribution in [-0.4, -0.2) is 58.0 Å². The molecule has 1 aliphatic heterocycles. The first-order chi connectivity index (χ1) is 17.0. The number of carbonyl (C=O) groups is 1. The summed E-state index contributed by atoms with van der Waals surface area (Å²) in [7, 11) is 0. The zero-order chi connectivity index (χ0) is 24.6. The molecule has 4 rings (SSSR count). The number of hydrogen-bond donors (Lipinski definition) is 2. The fourth-order valence-corrected chi connectivity index (χ4v) is 4.47. The number of hydrogen-bond acceptors (Lipinski definition) is 6. The summed E-state index contributed by atoms with van der Waals surface area (Å²) in [5, 5.41) is 10.2. The number of nitrogens with zero attached hydrogens (tertiary/aromatic N) is 3. The van der Waals surface area contributed by atoms with Gasteiger partial charge in [-0.3, -0.25) is 19.4 Å². The topological polar surface area (TPSA) is 84.4 Å². The molecule has 8 nitrogen and oxygen atoms in total. The molecule has 1 unspecified atom stereocenters. The van der Waals surface area contributed by atoms with E-state index in [4.69, 9.17) is 21.7 Å². The molecule has 0 spiro atoms. The van der Waals surface area contributed by atoms with E-state index in [1.54, 1.807) is 0 Å². The van der Waals surface area contributed by atoms with Crippen molar-refractivity contribution in [2.45, 2.75) is 46.0 Å². The van der Waals surface area contributed by atoms with Crippen LogP contribution in [0, 0.1) is 4.77 Å². The van der Waals surface area contributed by atoms with Gasteiger partial charge in [0.2, 0.25) is 5.91 Å². The lowest BCUT2D eigenvalue weighted by Crippen LogP contribution is -2.40. The number of aromatic nitrogens is 3. The Morgan fingerprint density at radius 3 is 2.83 bits per heavy atom. The van der Waals surface area contributed by atoms with Gasteiger partial charge in [0.05, 0.1) is 19.3 Å². The minimum Gasteiger partial charge on any atom is -0.494 e. The van der Waals surface area contributed by atoms with E-state index in [-0.39, 0.29) is 12.0 Å². The van der Waals surface area contributed by atoms with E-state index in [9.17, 15) is 4.79 Å². The van der Waals surface area contributed by atoms with E-state index in [1.165, 1.54) is 5.56 Å². The van der Waals surface area contributed by atoms with Crippen molar-refractivity contribution in [2.75, 3.05) is 26.3 Å². The molecule has 35 heavy (non-hydrogen) atoms. The molecule has 2 aromatic carbocycles. The Morgan fingerprint density at radius 1 is 1.26 bits per heavy atom. The van der Waals surface area contributed by atoms with Crippen LogP contribution in [0.15, 0.2) is 48.5 Å². The number of H-pyrrole nitrogens is 1. The van der Waals surface area contributed by atoms with Crippen LogP contribution in [0.1, 0.15) is 31.4 Å². The summed E-state index contributed by atoms with van der Waals surface area (Å²) in [6.45, 7) is 9.16. The molecular formula is C26H33N5O3S. The van der Waals surface area contributed by atoms with Gasteiger partial charge >= 0.3 is 0 Å². The highest BCUT2D eigenvalue weighted by Crippen LogP contribution is 2.21. The maximum absolute atomic E-state index is 12.6. The molecule has 1 aromatic heterocycles. The van der Waals surface area contributed by atoms with Crippen molar-refractivity contribution in [3.8, 4) is 17.1 Å². The summed E-state index contributed by atoms with van der Waals surface area (Å²) in [6.07, 6.45) is 0.577. The Hall–Kier alpha value is -3.01. The number of amides is 1. The molecule has 0 saturated carbocycles. The maximum Gasteiger partial charge on any atom is 0.222 e. The third-order valence-electron chi connectivity index (χ3n) is 5.96. The van der Waals surface area contributed by atoms with Crippen molar-refractivity contribution in [2.24, 2.45) is 0 Å². The molecular weight excluding hydrogens is 462 g/mol. The first kappa shape index (κ1) is 25.1. The predicted molar refractivity (Wildman–Crippen MR) is 138 cm³/mol. The highest BCUT2D eigenvalue weighted by Gasteiger charge is 2.17. The van der Waals surface area contributed by atoms with Crippen LogP contribution in [0.5, 0.6) is 5.75 Å². The van der Waals surface area contributed by atoms with Crippen molar-refractivity contribution < 1.29 is 14.3 Å². The molecule has 1 amide bonds. The molecule has 1 saturated heterocycles. The molecule has 3 aromatic rings. The number of nitrogens with one attached hydrogen (secondary N) is 2. The van der Waals surface area contributed by atoms with Crippen LogP contribution in [0.4, 0.5) is 0 Å². The second kappa shape index (κ2) is 12.1. The average Bonchev–Trinajstić information content (AvgIpc) is 3.22. The molecule has 0 aliphatic carbocycles. The van der Waals surface area contributed by atoms with Gasteiger partial charge in [-0.2, -0.15) is 5.10 Å².